The predicted octanol–water partition coefficient (Wildman–Crippen LogP) is 1.24. The summed E-state index contributed by atoms with van der Waals surface area (Å²) in [5, 5.41) is 3.31. The molecule has 1 aromatic rings. The summed E-state index contributed by atoms with van der Waals surface area (Å²) in [4.78, 5) is 0.130. The van der Waals surface area contributed by atoms with Crippen LogP contribution in [0, 0.1) is 0 Å². The van der Waals surface area contributed by atoms with Gasteiger partial charge in [-0.1, -0.05) is 18.2 Å². The van der Waals surface area contributed by atoms with E-state index >= 15 is 0 Å². The lowest BCUT2D eigenvalue weighted by Gasteiger charge is -2.22. The average Bonchev–Trinajstić information content (AvgIpc) is 2.86. The van der Waals surface area contributed by atoms with Crippen molar-refractivity contribution in [2.24, 2.45) is 0 Å². The Balaban J connectivity index is 1.25. The summed E-state index contributed by atoms with van der Waals surface area (Å²) in [6.45, 7) is 7.12. The Morgan fingerprint density at radius 1 is 0.647 bits per heavy atom. The van der Waals surface area contributed by atoms with E-state index in [4.69, 9.17) is 32.6 Å². The monoisotopic (exact) mass is 505 g/mol. The molecule has 1 N–H and O–H groups in total. The van der Waals surface area contributed by atoms with Gasteiger partial charge in [-0.05, 0) is 38.1 Å². The quantitative estimate of drug-likeness (QED) is 0.194. The number of hydrogen-bond donors (Lipinski definition) is 1. The van der Waals surface area contributed by atoms with Gasteiger partial charge in [0.05, 0.1) is 90.3 Å². The second kappa shape index (κ2) is 19.1. The molecule has 1 aliphatic heterocycles. The van der Waals surface area contributed by atoms with Gasteiger partial charge in [0.1, 0.15) is 0 Å². The first kappa shape index (κ1) is 29.1. The van der Waals surface area contributed by atoms with Crippen molar-refractivity contribution in [1.82, 2.24) is 5.32 Å². The van der Waals surface area contributed by atoms with Crippen LogP contribution in [0.1, 0.15) is 12.8 Å². The largest absolute Gasteiger partial charge is 0.377 e. The molecule has 1 heterocycles. The molecule has 0 aromatic heterocycles. The molecule has 0 unspecified atom stereocenters. The van der Waals surface area contributed by atoms with Crippen molar-refractivity contribution in [1.29, 1.82) is 0 Å². The molecule has 0 aliphatic carbocycles. The molecule has 11 heteroatoms. The van der Waals surface area contributed by atoms with Crippen LogP contribution in [0.15, 0.2) is 35.2 Å². The first-order chi connectivity index (χ1) is 16.7. The Morgan fingerprint density at radius 2 is 1.09 bits per heavy atom. The van der Waals surface area contributed by atoms with Crippen LogP contribution in [0.2, 0.25) is 0 Å². The summed E-state index contributed by atoms with van der Waals surface area (Å²) < 4.78 is 61.6. The Kier molecular flexibility index (Phi) is 16.3. The van der Waals surface area contributed by atoms with Gasteiger partial charge in [-0.3, -0.25) is 4.18 Å². The van der Waals surface area contributed by atoms with Crippen LogP contribution in [0.3, 0.4) is 0 Å². The van der Waals surface area contributed by atoms with Crippen LogP contribution >= 0.6 is 0 Å². The standard InChI is InChI=1S/C23H39NO9S/c25-34(26,23-4-2-1-3-5-23)33-21-19-31-17-15-29-13-11-27-10-12-28-14-16-30-18-20-32-22-6-8-24-9-7-22/h1-5,22,24H,6-21H2. The van der Waals surface area contributed by atoms with Gasteiger partial charge >= 0.3 is 0 Å². The molecule has 34 heavy (non-hydrogen) atoms. The average molecular weight is 506 g/mol. The van der Waals surface area contributed by atoms with E-state index in [1.165, 1.54) is 12.1 Å². The topological polar surface area (TPSA) is 111 Å². The van der Waals surface area contributed by atoms with Crippen LogP contribution < -0.4 is 5.32 Å². The van der Waals surface area contributed by atoms with Gasteiger partial charge < -0.3 is 33.7 Å². The van der Waals surface area contributed by atoms with Gasteiger partial charge in [-0.25, -0.2) is 0 Å². The van der Waals surface area contributed by atoms with E-state index in [-0.39, 0.29) is 18.1 Å². The van der Waals surface area contributed by atoms with Crippen molar-refractivity contribution in [2.45, 2.75) is 23.8 Å². The lowest BCUT2D eigenvalue weighted by molar-refractivity contribution is -0.0299. The van der Waals surface area contributed by atoms with Crippen LogP contribution in [0.25, 0.3) is 0 Å². The lowest BCUT2D eigenvalue weighted by Crippen LogP contribution is -2.33. The van der Waals surface area contributed by atoms with Gasteiger partial charge in [0.2, 0.25) is 0 Å². The van der Waals surface area contributed by atoms with Gasteiger partial charge in [0.25, 0.3) is 10.1 Å². The molecule has 1 fully saturated rings. The van der Waals surface area contributed by atoms with Crippen molar-refractivity contribution >= 4 is 10.1 Å². The fourth-order valence-electron chi connectivity index (χ4n) is 3.08. The molecule has 196 valence electrons. The zero-order valence-electron chi connectivity index (χ0n) is 19.9. The molecule has 0 radical (unpaired) electrons. The Bertz CT molecular complexity index is 700. The zero-order valence-corrected chi connectivity index (χ0v) is 20.7. The number of rotatable bonds is 21. The SMILES string of the molecule is O=S(=O)(OCCOCCOCCOCCOCCOCCOC1CCNCC1)c1ccccc1. The van der Waals surface area contributed by atoms with E-state index < -0.39 is 10.1 Å². The van der Waals surface area contributed by atoms with Crippen molar-refractivity contribution in [3.05, 3.63) is 30.3 Å². The zero-order chi connectivity index (χ0) is 24.2. The highest BCUT2D eigenvalue weighted by atomic mass is 32.2. The third-order valence-corrected chi connectivity index (χ3v) is 6.18. The first-order valence-corrected chi connectivity index (χ1v) is 13.2. The minimum absolute atomic E-state index is 0.0441. The third-order valence-electron chi connectivity index (χ3n) is 4.85. The Hall–Kier alpha value is -1.15. The van der Waals surface area contributed by atoms with Crippen LogP contribution in [0.5, 0.6) is 0 Å². The molecular formula is C23H39NO9S. The molecule has 1 aliphatic rings. The Morgan fingerprint density at radius 3 is 1.59 bits per heavy atom. The lowest BCUT2D eigenvalue weighted by atomic mass is 10.1. The summed E-state index contributed by atoms with van der Waals surface area (Å²) in [6, 6.07) is 8.00. The number of hydrogen-bond acceptors (Lipinski definition) is 10. The van der Waals surface area contributed by atoms with Crippen molar-refractivity contribution in [3.8, 4) is 0 Å². The number of benzene rings is 1. The smallest absolute Gasteiger partial charge is 0.297 e. The molecular weight excluding hydrogens is 466 g/mol. The summed E-state index contributed by atoms with van der Waals surface area (Å²) >= 11 is 0. The van der Waals surface area contributed by atoms with Crippen molar-refractivity contribution < 1.29 is 41.0 Å². The van der Waals surface area contributed by atoms with E-state index in [0.29, 0.717) is 72.2 Å². The van der Waals surface area contributed by atoms with Gasteiger partial charge in [-0.2, -0.15) is 8.42 Å². The number of piperidine rings is 1. The highest BCUT2D eigenvalue weighted by molar-refractivity contribution is 7.86. The van der Waals surface area contributed by atoms with E-state index in [0.717, 1.165) is 25.9 Å². The molecule has 0 atom stereocenters. The first-order valence-electron chi connectivity index (χ1n) is 11.8. The minimum atomic E-state index is -3.74. The minimum Gasteiger partial charge on any atom is -0.377 e. The third kappa shape index (κ3) is 14.3. The van der Waals surface area contributed by atoms with Crippen LogP contribution in [-0.4, -0.2) is 107 Å². The summed E-state index contributed by atoms with van der Waals surface area (Å²) in [7, 11) is -3.74. The summed E-state index contributed by atoms with van der Waals surface area (Å²) in [5.74, 6) is 0. The molecule has 2 rings (SSSR count). The van der Waals surface area contributed by atoms with Crippen molar-refractivity contribution in [2.75, 3.05) is 92.4 Å². The normalized spacial score (nSPS) is 15.1. The van der Waals surface area contributed by atoms with E-state index in [1.54, 1.807) is 18.2 Å². The molecule has 0 saturated carbocycles. The van der Waals surface area contributed by atoms with Gasteiger partial charge in [-0.15, -0.1) is 0 Å². The van der Waals surface area contributed by atoms with Gasteiger partial charge in [0, 0.05) is 0 Å². The highest BCUT2D eigenvalue weighted by Crippen LogP contribution is 2.10. The summed E-state index contributed by atoms with van der Waals surface area (Å²) in [6.07, 6.45) is 2.50. The van der Waals surface area contributed by atoms with Gasteiger partial charge in [0.15, 0.2) is 0 Å². The maximum Gasteiger partial charge on any atom is 0.297 e. The van der Waals surface area contributed by atoms with Crippen LogP contribution in [0.4, 0.5) is 0 Å². The number of nitrogens with one attached hydrogen (secondary N) is 1. The molecule has 1 aromatic carbocycles. The molecule has 1 saturated heterocycles. The fourth-order valence-corrected chi connectivity index (χ4v) is 3.99. The van der Waals surface area contributed by atoms with E-state index in [2.05, 4.69) is 5.32 Å². The maximum absolute atomic E-state index is 11.9. The Labute approximate surface area is 203 Å². The van der Waals surface area contributed by atoms with Crippen molar-refractivity contribution in [3.63, 3.8) is 0 Å². The number of ether oxygens (including phenoxy) is 6. The van der Waals surface area contributed by atoms with Crippen LogP contribution in [-0.2, 0) is 42.7 Å². The fraction of sp³-hybridized carbons (Fsp3) is 0.739. The molecule has 0 amide bonds. The highest BCUT2D eigenvalue weighted by Gasteiger charge is 2.14. The molecule has 0 bridgehead atoms. The summed E-state index contributed by atoms with van der Waals surface area (Å²) in [5.41, 5.74) is 0. The van der Waals surface area contributed by atoms with E-state index in [9.17, 15) is 8.42 Å². The second-order valence-electron chi connectivity index (χ2n) is 7.47. The molecule has 10 nitrogen and oxygen atoms in total. The maximum atomic E-state index is 11.9. The molecule has 0 spiro atoms. The van der Waals surface area contributed by atoms with E-state index in [1.807, 2.05) is 0 Å². The second-order valence-corrected chi connectivity index (χ2v) is 9.09. The predicted molar refractivity (Wildman–Crippen MR) is 126 cm³/mol.